The fourth-order valence-corrected chi connectivity index (χ4v) is 3.46. The second-order valence-corrected chi connectivity index (χ2v) is 7.37. The molecule has 2 aromatic carbocycles. The van der Waals surface area contributed by atoms with Crippen molar-refractivity contribution in [1.82, 2.24) is 9.80 Å². The molecule has 1 aliphatic rings. The van der Waals surface area contributed by atoms with E-state index in [1.165, 1.54) is 11.1 Å². The van der Waals surface area contributed by atoms with Crippen LogP contribution < -0.4 is 10.2 Å². The molecule has 1 fully saturated rings. The van der Waals surface area contributed by atoms with Gasteiger partial charge < -0.3 is 14.5 Å². The molecule has 1 amide bonds. The summed E-state index contributed by atoms with van der Waals surface area (Å²) < 4.78 is 5.33. The van der Waals surface area contributed by atoms with Gasteiger partial charge in [-0.1, -0.05) is 35.9 Å². The Kier molecular flexibility index (Phi) is 6.49. The number of rotatable bonds is 5. The maximum absolute atomic E-state index is 11.9. The highest BCUT2D eigenvalue weighted by atomic mass is 32.1. The average molecular weight is 399 g/mol. The van der Waals surface area contributed by atoms with Gasteiger partial charge in [-0.15, -0.1) is 0 Å². The highest BCUT2D eigenvalue weighted by Crippen LogP contribution is 2.24. The molecule has 1 heterocycles. The summed E-state index contributed by atoms with van der Waals surface area (Å²) in [5.41, 5.74) is 4.25. The zero-order chi connectivity index (χ0) is 20.1. The van der Waals surface area contributed by atoms with Crippen LogP contribution in [0, 0.1) is 13.8 Å². The number of hydrogen-bond donors (Lipinski definition) is 1. The van der Waals surface area contributed by atoms with Crippen LogP contribution in [0.15, 0.2) is 48.5 Å². The van der Waals surface area contributed by atoms with Crippen LogP contribution >= 0.6 is 12.2 Å². The topological polar surface area (TPSA) is 48.1 Å². The quantitative estimate of drug-likeness (QED) is 0.773. The van der Waals surface area contributed by atoms with Crippen LogP contribution in [0.2, 0.25) is 0 Å². The molecule has 28 heavy (non-hydrogen) atoms. The summed E-state index contributed by atoms with van der Waals surface area (Å²) in [6.07, 6.45) is -0.446. The maximum atomic E-state index is 11.9. The van der Waals surface area contributed by atoms with E-state index in [1.54, 1.807) is 0 Å². The van der Waals surface area contributed by atoms with Gasteiger partial charge in [-0.05, 0) is 49.8 Å². The molecule has 3 rings (SSSR count). The third-order valence-electron chi connectivity index (χ3n) is 4.61. The Hall–Kier alpha value is -2.64. The fraction of sp³-hybridized carbons (Fsp3) is 0.333. The van der Waals surface area contributed by atoms with Crippen molar-refractivity contribution < 1.29 is 9.53 Å². The van der Waals surface area contributed by atoms with Crippen molar-refractivity contribution in [2.45, 2.75) is 13.8 Å². The molecule has 2 aromatic rings. The normalized spacial score (nSPS) is 14.9. The second-order valence-electron chi connectivity index (χ2n) is 7.00. The Morgan fingerprint density at radius 2 is 1.89 bits per heavy atom. The number of hydrogen-bond acceptors (Lipinski definition) is 4. The molecule has 0 atom stereocenters. The number of para-hydroxylation sites is 1. The van der Waals surface area contributed by atoms with E-state index < -0.39 is 6.09 Å². The third kappa shape index (κ3) is 4.99. The number of ether oxygens (including phenoxy) is 1. The van der Waals surface area contributed by atoms with Crippen molar-refractivity contribution in [3.63, 3.8) is 0 Å². The van der Waals surface area contributed by atoms with Crippen LogP contribution in [0.1, 0.15) is 11.1 Å². The van der Waals surface area contributed by atoms with Gasteiger partial charge in [0.15, 0.2) is 5.11 Å². The first-order chi connectivity index (χ1) is 13.4. The van der Waals surface area contributed by atoms with Crippen molar-refractivity contribution in [2.24, 2.45) is 0 Å². The monoisotopic (exact) mass is 398 g/mol. The molecule has 7 heteroatoms. The summed E-state index contributed by atoms with van der Waals surface area (Å²) in [5.74, 6) is 0. The van der Waals surface area contributed by atoms with Crippen molar-refractivity contribution in [1.29, 1.82) is 0 Å². The van der Waals surface area contributed by atoms with Gasteiger partial charge in [-0.2, -0.15) is 0 Å². The molecule has 1 saturated heterocycles. The van der Waals surface area contributed by atoms with E-state index in [0.717, 1.165) is 16.5 Å². The Morgan fingerprint density at radius 1 is 1.14 bits per heavy atom. The zero-order valence-electron chi connectivity index (χ0n) is 16.5. The number of nitrogens with one attached hydrogen (secondary N) is 1. The van der Waals surface area contributed by atoms with Gasteiger partial charge >= 0.3 is 6.09 Å². The first kappa shape index (κ1) is 20.1. The zero-order valence-corrected chi connectivity index (χ0v) is 17.3. The number of anilines is 2. The summed E-state index contributed by atoms with van der Waals surface area (Å²) in [7, 11) is 1.98. The summed E-state index contributed by atoms with van der Waals surface area (Å²) in [4.78, 5) is 18.3. The smallest absolute Gasteiger partial charge is 0.411 e. The van der Waals surface area contributed by atoms with Crippen molar-refractivity contribution in [3.05, 3.63) is 59.7 Å². The fourth-order valence-electron chi connectivity index (χ4n) is 3.24. The highest BCUT2D eigenvalue weighted by molar-refractivity contribution is 7.80. The van der Waals surface area contributed by atoms with Crippen molar-refractivity contribution >= 4 is 34.8 Å². The average Bonchev–Trinajstić information content (AvgIpc) is 2.65. The summed E-state index contributed by atoms with van der Waals surface area (Å²) >= 11 is 5.63. The molecule has 0 saturated carbocycles. The summed E-state index contributed by atoms with van der Waals surface area (Å²) in [6.45, 7) is 6.47. The molecule has 1 aliphatic heterocycles. The van der Waals surface area contributed by atoms with Gasteiger partial charge in [-0.25, -0.2) is 4.79 Å². The van der Waals surface area contributed by atoms with Crippen LogP contribution in [0.5, 0.6) is 0 Å². The standard InChI is InChI=1S/C21H26N4O2S/c1-16-9-10-19(17(2)13-16)25-15-24(14-23(3)21(25)28)11-12-27-20(26)22-18-7-5-4-6-8-18/h4-10,13H,11-12,14-15H2,1-3H3,(H,22,26). The number of carbonyl (C=O) groups excluding carboxylic acids is 1. The lowest BCUT2D eigenvalue weighted by Crippen LogP contribution is -2.57. The van der Waals surface area contributed by atoms with E-state index in [-0.39, 0.29) is 0 Å². The predicted octanol–water partition coefficient (Wildman–Crippen LogP) is 3.81. The number of carbonyl (C=O) groups is 1. The minimum atomic E-state index is -0.446. The van der Waals surface area contributed by atoms with Crippen LogP contribution in [-0.2, 0) is 4.74 Å². The molecule has 0 spiro atoms. The Bertz CT molecular complexity index is 844. The molecule has 6 nitrogen and oxygen atoms in total. The van der Waals surface area contributed by atoms with Gasteiger partial charge in [0.25, 0.3) is 0 Å². The Labute approximate surface area is 171 Å². The van der Waals surface area contributed by atoms with Crippen LogP contribution in [0.3, 0.4) is 0 Å². The lowest BCUT2D eigenvalue weighted by molar-refractivity contribution is 0.120. The van der Waals surface area contributed by atoms with E-state index in [1.807, 2.05) is 42.3 Å². The first-order valence-corrected chi connectivity index (χ1v) is 9.66. The van der Waals surface area contributed by atoms with Gasteiger partial charge in [0.05, 0.1) is 13.3 Å². The number of nitrogens with zero attached hydrogens (tertiary/aromatic N) is 3. The van der Waals surface area contributed by atoms with E-state index in [2.05, 4.69) is 47.2 Å². The summed E-state index contributed by atoms with van der Waals surface area (Å²) in [6, 6.07) is 15.6. The second kappa shape index (κ2) is 9.03. The Morgan fingerprint density at radius 3 is 2.61 bits per heavy atom. The molecular weight excluding hydrogens is 372 g/mol. The van der Waals surface area contributed by atoms with E-state index >= 15 is 0 Å². The van der Waals surface area contributed by atoms with Crippen molar-refractivity contribution in [3.8, 4) is 0 Å². The molecule has 0 radical (unpaired) electrons. The number of aryl methyl sites for hydroxylation is 2. The third-order valence-corrected chi connectivity index (χ3v) is 5.15. The number of amides is 1. The molecule has 0 aromatic heterocycles. The van der Waals surface area contributed by atoms with Gasteiger partial charge in [0, 0.05) is 25.0 Å². The minimum absolute atomic E-state index is 0.306. The molecule has 0 bridgehead atoms. The van der Waals surface area contributed by atoms with Gasteiger partial charge in [0.1, 0.15) is 6.61 Å². The number of benzene rings is 2. The molecule has 148 valence electrons. The highest BCUT2D eigenvalue weighted by Gasteiger charge is 2.26. The lowest BCUT2D eigenvalue weighted by atomic mass is 10.1. The first-order valence-electron chi connectivity index (χ1n) is 9.25. The molecule has 0 unspecified atom stereocenters. The molecular formula is C21H26N4O2S. The van der Waals surface area contributed by atoms with Gasteiger partial charge in [-0.3, -0.25) is 10.2 Å². The maximum Gasteiger partial charge on any atom is 0.411 e. The van der Waals surface area contributed by atoms with Crippen LogP contribution in [0.4, 0.5) is 16.2 Å². The molecule has 1 N–H and O–H groups in total. The predicted molar refractivity (Wildman–Crippen MR) is 117 cm³/mol. The molecule has 0 aliphatic carbocycles. The number of thiocarbonyl (C=S) groups is 1. The summed E-state index contributed by atoms with van der Waals surface area (Å²) in [5, 5.41) is 3.52. The van der Waals surface area contributed by atoms with Crippen LogP contribution in [-0.4, -0.2) is 54.5 Å². The SMILES string of the molecule is Cc1ccc(N2CN(CCOC(=O)Nc3ccccc3)CN(C)C2=S)c(C)c1. The largest absolute Gasteiger partial charge is 0.448 e. The van der Waals surface area contributed by atoms with Gasteiger partial charge in [0.2, 0.25) is 0 Å². The van der Waals surface area contributed by atoms with E-state index in [0.29, 0.717) is 26.5 Å². The van der Waals surface area contributed by atoms with Crippen molar-refractivity contribution in [2.75, 3.05) is 43.8 Å². The van der Waals surface area contributed by atoms with E-state index in [4.69, 9.17) is 17.0 Å². The van der Waals surface area contributed by atoms with E-state index in [9.17, 15) is 4.79 Å². The van der Waals surface area contributed by atoms with Crippen LogP contribution in [0.25, 0.3) is 0 Å². The minimum Gasteiger partial charge on any atom is -0.448 e. The lowest BCUT2D eigenvalue weighted by Gasteiger charge is -2.43. The Balaban J connectivity index is 1.55.